The highest BCUT2D eigenvalue weighted by Crippen LogP contribution is 2.29. The molecule has 1 rings (SSSR count). The first kappa shape index (κ1) is 9.44. The van der Waals surface area contributed by atoms with E-state index in [1.54, 1.807) is 0 Å². The standard InChI is InChI=1S/C6H2BrF4N/c7-3-2(5(9)10)1-12-6(11)4(3)8/h1,5H. The molecule has 1 aromatic rings. The number of hydrogen-bond donors (Lipinski definition) is 0. The molecule has 0 radical (unpaired) electrons. The molecule has 0 unspecified atom stereocenters. The monoisotopic (exact) mass is 243 g/mol. The molecule has 66 valence electrons. The molecule has 0 saturated heterocycles. The molecular weight excluding hydrogens is 242 g/mol. The zero-order valence-electron chi connectivity index (χ0n) is 5.49. The summed E-state index contributed by atoms with van der Waals surface area (Å²) in [6, 6.07) is 0. The Morgan fingerprint density at radius 2 is 1.92 bits per heavy atom. The van der Waals surface area contributed by atoms with Crippen molar-refractivity contribution in [2.45, 2.75) is 6.43 Å². The van der Waals surface area contributed by atoms with E-state index >= 15 is 0 Å². The predicted octanol–water partition coefficient (Wildman–Crippen LogP) is 3.06. The quantitative estimate of drug-likeness (QED) is 0.546. The number of pyridine rings is 1. The zero-order valence-corrected chi connectivity index (χ0v) is 7.08. The van der Waals surface area contributed by atoms with Crippen molar-refractivity contribution in [2.24, 2.45) is 0 Å². The van der Waals surface area contributed by atoms with Gasteiger partial charge in [0, 0.05) is 6.20 Å². The Bertz CT molecular complexity index is 302. The molecule has 0 amide bonds. The molecule has 12 heavy (non-hydrogen) atoms. The van der Waals surface area contributed by atoms with Crippen LogP contribution in [0.25, 0.3) is 0 Å². The van der Waals surface area contributed by atoms with Crippen LogP contribution in [-0.2, 0) is 0 Å². The average molecular weight is 244 g/mol. The summed E-state index contributed by atoms with van der Waals surface area (Å²) in [5, 5.41) is 0. The average Bonchev–Trinajstić information content (AvgIpc) is 2.00. The number of rotatable bonds is 1. The molecule has 0 N–H and O–H groups in total. The van der Waals surface area contributed by atoms with E-state index in [1.807, 2.05) is 0 Å². The zero-order chi connectivity index (χ0) is 9.30. The van der Waals surface area contributed by atoms with Crippen molar-refractivity contribution in [1.82, 2.24) is 4.98 Å². The molecule has 1 aromatic heterocycles. The highest BCUT2D eigenvalue weighted by atomic mass is 79.9. The smallest absolute Gasteiger partial charge is 0.225 e. The molecule has 0 aromatic carbocycles. The van der Waals surface area contributed by atoms with Crippen molar-refractivity contribution in [3.8, 4) is 0 Å². The lowest BCUT2D eigenvalue weighted by molar-refractivity contribution is 0.149. The number of nitrogens with zero attached hydrogens (tertiary/aromatic N) is 1. The van der Waals surface area contributed by atoms with Gasteiger partial charge in [-0.2, -0.15) is 4.39 Å². The van der Waals surface area contributed by atoms with Crippen LogP contribution >= 0.6 is 15.9 Å². The molecule has 1 heterocycles. The van der Waals surface area contributed by atoms with Gasteiger partial charge in [-0.25, -0.2) is 18.2 Å². The second-order valence-electron chi connectivity index (χ2n) is 1.93. The van der Waals surface area contributed by atoms with Crippen LogP contribution in [0.2, 0.25) is 0 Å². The van der Waals surface area contributed by atoms with Gasteiger partial charge in [-0.15, -0.1) is 0 Å². The second kappa shape index (κ2) is 3.38. The molecule has 0 atom stereocenters. The van der Waals surface area contributed by atoms with E-state index < -0.39 is 28.2 Å². The van der Waals surface area contributed by atoms with Gasteiger partial charge in [0.2, 0.25) is 5.95 Å². The maximum atomic E-state index is 12.5. The van der Waals surface area contributed by atoms with Crippen LogP contribution < -0.4 is 0 Å². The van der Waals surface area contributed by atoms with Crippen LogP contribution in [0.1, 0.15) is 12.0 Å². The van der Waals surface area contributed by atoms with Crippen LogP contribution in [0.15, 0.2) is 10.7 Å². The first-order valence-corrected chi connectivity index (χ1v) is 3.61. The van der Waals surface area contributed by atoms with Gasteiger partial charge in [0.1, 0.15) is 0 Å². The molecule has 0 aliphatic carbocycles. The van der Waals surface area contributed by atoms with Crippen molar-refractivity contribution >= 4 is 15.9 Å². The number of alkyl halides is 2. The molecule has 0 bridgehead atoms. The molecule has 6 heteroatoms. The highest BCUT2D eigenvalue weighted by molar-refractivity contribution is 9.10. The lowest BCUT2D eigenvalue weighted by Crippen LogP contribution is -1.96. The largest absolute Gasteiger partial charge is 0.266 e. The molecule has 0 fully saturated rings. The minimum absolute atomic E-state index is 0.579. The summed E-state index contributed by atoms with van der Waals surface area (Å²) in [4.78, 5) is 2.81. The number of halogens is 5. The Balaban J connectivity index is 3.27. The molecule has 0 saturated carbocycles. The Morgan fingerprint density at radius 1 is 1.33 bits per heavy atom. The van der Waals surface area contributed by atoms with Crippen molar-refractivity contribution in [1.29, 1.82) is 0 Å². The maximum Gasteiger partial charge on any atom is 0.266 e. The molecule has 0 spiro atoms. The van der Waals surface area contributed by atoms with Gasteiger partial charge in [-0.1, -0.05) is 0 Å². The van der Waals surface area contributed by atoms with Crippen LogP contribution in [0.3, 0.4) is 0 Å². The van der Waals surface area contributed by atoms with Crippen LogP contribution in [0.4, 0.5) is 17.6 Å². The van der Waals surface area contributed by atoms with Gasteiger partial charge in [0.25, 0.3) is 6.43 Å². The summed E-state index contributed by atoms with van der Waals surface area (Å²) in [6.45, 7) is 0. The second-order valence-corrected chi connectivity index (χ2v) is 2.73. The van der Waals surface area contributed by atoms with Crippen LogP contribution in [0.5, 0.6) is 0 Å². The van der Waals surface area contributed by atoms with Crippen molar-refractivity contribution in [2.75, 3.05) is 0 Å². The fourth-order valence-electron chi connectivity index (χ4n) is 0.609. The Kier molecular flexibility index (Phi) is 2.66. The summed E-state index contributed by atoms with van der Waals surface area (Å²) >= 11 is 2.50. The van der Waals surface area contributed by atoms with E-state index in [9.17, 15) is 17.6 Å². The fourth-order valence-corrected chi connectivity index (χ4v) is 1.05. The molecule has 0 aliphatic heterocycles. The summed E-state index contributed by atoms with van der Waals surface area (Å²) in [5.41, 5.74) is -0.658. The van der Waals surface area contributed by atoms with Crippen molar-refractivity contribution in [3.63, 3.8) is 0 Å². The van der Waals surface area contributed by atoms with Gasteiger partial charge in [0.05, 0.1) is 10.0 Å². The first-order chi connectivity index (χ1) is 5.54. The SMILES string of the molecule is Fc1ncc(C(F)F)c(Br)c1F. The molecular formula is C6H2BrF4N. The Hall–Kier alpha value is -0.650. The Morgan fingerprint density at radius 3 is 2.42 bits per heavy atom. The van der Waals surface area contributed by atoms with E-state index in [1.165, 1.54) is 0 Å². The minimum Gasteiger partial charge on any atom is -0.225 e. The van der Waals surface area contributed by atoms with Crippen LogP contribution in [-0.4, -0.2) is 4.98 Å². The van der Waals surface area contributed by atoms with E-state index in [4.69, 9.17) is 0 Å². The predicted molar refractivity (Wildman–Crippen MR) is 36.8 cm³/mol. The summed E-state index contributed by atoms with van der Waals surface area (Å²) in [5.74, 6) is -2.79. The topological polar surface area (TPSA) is 12.9 Å². The number of hydrogen-bond acceptors (Lipinski definition) is 1. The van der Waals surface area contributed by atoms with E-state index in [-0.39, 0.29) is 0 Å². The first-order valence-electron chi connectivity index (χ1n) is 2.81. The van der Waals surface area contributed by atoms with Crippen molar-refractivity contribution < 1.29 is 17.6 Å². The van der Waals surface area contributed by atoms with E-state index in [0.29, 0.717) is 6.20 Å². The van der Waals surface area contributed by atoms with Gasteiger partial charge in [-0.05, 0) is 15.9 Å². The third-order valence-electron chi connectivity index (χ3n) is 1.18. The summed E-state index contributed by atoms with van der Waals surface area (Å²) in [7, 11) is 0. The van der Waals surface area contributed by atoms with Gasteiger partial charge >= 0.3 is 0 Å². The minimum atomic E-state index is -2.87. The maximum absolute atomic E-state index is 12.5. The summed E-state index contributed by atoms with van der Waals surface area (Å²) in [6.07, 6.45) is -2.28. The fraction of sp³-hybridized carbons (Fsp3) is 0.167. The van der Waals surface area contributed by atoms with Crippen LogP contribution in [0, 0.1) is 11.8 Å². The van der Waals surface area contributed by atoms with Crippen molar-refractivity contribution in [3.05, 3.63) is 28.0 Å². The van der Waals surface area contributed by atoms with E-state index in [2.05, 4.69) is 20.9 Å². The Labute approximate surface area is 73.5 Å². The third kappa shape index (κ3) is 1.57. The van der Waals surface area contributed by atoms with Gasteiger partial charge in [0.15, 0.2) is 5.82 Å². The third-order valence-corrected chi connectivity index (χ3v) is 1.99. The van der Waals surface area contributed by atoms with Gasteiger partial charge in [-0.3, -0.25) is 0 Å². The molecule has 1 nitrogen and oxygen atoms in total. The lowest BCUT2D eigenvalue weighted by Gasteiger charge is -2.02. The summed E-state index contributed by atoms with van der Waals surface area (Å²) < 4.78 is 48.2. The van der Waals surface area contributed by atoms with E-state index in [0.717, 1.165) is 0 Å². The number of aromatic nitrogens is 1. The highest BCUT2D eigenvalue weighted by Gasteiger charge is 2.18. The molecule has 0 aliphatic rings. The van der Waals surface area contributed by atoms with Gasteiger partial charge < -0.3 is 0 Å². The normalized spacial score (nSPS) is 10.8. The lowest BCUT2D eigenvalue weighted by atomic mass is 10.3.